The predicted molar refractivity (Wildman–Crippen MR) is 107 cm³/mol. The van der Waals surface area contributed by atoms with Crippen LogP contribution in [0.5, 0.6) is 0 Å². The molecule has 3 aromatic rings. The molecule has 4 rings (SSSR count). The van der Waals surface area contributed by atoms with Crippen molar-refractivity contribution in [2.45, 2.75) is 35.1 Å². The lowest BCUT2D eigenvalue weighted by Crippen LogP contribution is -2.35. The van der Waals surface area contributed by atoms with Crippen LogP contribution in [0.4, 0.5) is 0 Å². The lowest BCUT2D eigenvalue weighted by molar-refractivity contribution is 0.346. The second kappa shape index (κ2) is 7.95. The van der Waals surface area contributed by atoms with Crippen molar-refractivity contribution in [3.05, 3.63) is 53.6 Å². The van der Waals surface area contributed by atoms with Crippen LogP contribution >= 0.6 is 11.8 Å². The van der Waals surface area contributed by atoms with Gasteiger partial charge in [0.1, 0.15) is 5.52 Å². The van der Waals surface area contributed by atoms with E-state index in [1.54, 1.807) is 28.6 Å². The first-order valence-corrected chi connectivity index (χ1v) is 11.5. The van der Waals surface area contributed by atoms with Gasteiger partial charge in [-0.1, -0.05) is 36.4 Å². The van der Waals surface area contributed by atoms with E-state index in [2.05, 4.69) is 11.1 Å². The smallest absolute Gasteiger partial charge is 0.257 e. The van der Waals surface area contributed by atoms with Gasteiger partial charge in [0.2, 0.25) is 10.0 Å². The number of nitrogens with zero attached hydrogens (tertiary/aromatic N) is 3. The van der Waals surface area contributed by atoms with Crippen molar-refractivity contribution in [3.63, 3.8) is 0 Å². The molecule has 0 unspecified atom stereocenters. The van der Waals surface area contributed by atoms with Gasteiger partial charge in [0, 0.05) is 18.8 Å². The molecule has 0 aliphatic carbocycles. The molecular formula is C20H19N3O3S2. The summed E-state index contributed by atoms with van der Waals surface area (Å²) in [4.78, 5) is 4.68. The highest BCUT2D eigenvalue weighted by Crippen LogP contribution is 2.29. The van der Waals surface area contributed by atoms with Crippen molar-refractivity contribution in [3.8, 4) is 6.07 Å². The van der Waals surface area contributed by atoms with Crippen molar-refractivity contribution in [1.29, 1.82) is 5.26 Å². The Morgan fingerprint density at radius 3 is 2.71 bits per heavy atom. The standard InChI is InChI=1S/C20H19N3O3S2/c21-13-15-6-2-3-7-16(15)14-27-20-22-18-12-17(8-9-19(18)26-20)28(24,25)23-10-4-1-5-11-23/h2-3,6-9,12H,1,4-5,10-11,14H2. The summed E-state index contributed by atoms with van der Waals surface area (Å²) in [7, 11) is -3.50. The highest BCUT2D eigenvalue weighted by atomic mass is 32.2. The molecule has 0 amide bonds. The first-order chi connectivity index (χ1) is 13.6. The highest BCUT2D eigenvalue weighted by molar-refractivity contribution is 7.98. The molecule has 0 saturated carbocycles. The van der Waals surface area contributed by atoms with Gasteiger partial charge in [0.25, 0.3) is 5.22 Å². The van der Waals surface area contributed by atoms with Gasteiger partial charge < -0.3 is 4.42 Å². The van der Waals surface area contributed by atoms with E-state index in [0.29, 0.717) is 40.7 Å². The van der Waals surface area contributed by atoms with Gasteiger partial charge in [-0.3, -0.25) is 0 Å². The summed E-state index contributed by atoms with van der Waals surface area (Å²) in [5.41, 5.74) is 2.61. The van der Waals surface area contributed by atoms with Crippen molar-refractivity contribution in [2.24, 2.45) is 0 Å². The summed E-state index contributed by atoms with van der Waals surface area (Å²) < 4.78 is 33.0. The molecule has 2 aromatic carbocycles. The van der Waals surface area contributed by atoms with Gasteiger partial charge in [-0.25, -0.2) is 13.4 Å². The van der Waals surface area contributed by atoms with Gasteiger partial charge >= 0.3 is 0 Å². The van der Waals surface area contributed by atoms with Gasteiger partial charge in [-0.15, -0.1) is 0 Å². The molecular weight excluding hydrogens is 394 g/mol. The summed E-state index contributed by atoms with van der Waals surface area (Å²) in [6, 6.07) is 14.4. The average molecular weight is 414 g/mol. The van der Waals surface area contributed by atoms with Crippen LogP contribution in [0.1, 0.15) is 30.4 Å². The van der Waals surface area contributed by atoms with Crippen LogP contribution in [0.15, 0.2) is 57.0 Å². The SMILES string of the molecule is N#Cc1ccccc1CSc1nc2cc(S(=O)(=O)N3CCCCC3)ccc2o1. The Labute approximate surface area is 168 Å². The van der Waals surface area contributed by atoms with Crippen molar-refractivity contribution in [1.82, 2.24) is 9.29 Å². The summed E-state index contributed by atoms with van der Waals surface area (Å²) in [5, 5.41) is 9.64. The van der Waals surface area contributed by atoms with Crippen LogP contribution in [0.2, 0.25) is 0 Å². The fraction of sp³-hybridized carbons (Fsp3) is 0.300. The van der Waals surface area contributed by atoms with Gasteiger partial charge in [-0.2, -0.15) is 9.57 Å². The third-order valence-corrected chi connectivity index (χ3v) is 7.55. The Balaban J connectivity index is 1.56. The molecule has 6 nitrogen and oxygen atoms in total. The number of piperidine rings is 1. The Hall–Kier alpha value is -2.34. The van der Waals surface area contributed by atoms with E-state index in [9.17, 15) is 13.7 Å². The van der Waals surface area contributed by atoms with Crippen molar-refractivity contribution in [2.75, 3.05) is 13.1 Å². The highest BCUT2D eigenvalue weighted by Gasteiger charge is 2.26. The topological polar surface area (TPSA) is 87.2 Å². The summed E-state index contributed by atoms with van der Waals surface area (Å²) in [6.07, 6.45) is 2.87. The van der Waals surface area contributed by atoms with E-state index in [1.165, 1.54) is 11.8 Å². The minimum absolute atomic E-state index is 0.251. The number of thioether (sulfide) groups is 1. The van der Waals surface area contributed by atoms with Crippen LogP contribution < -0.4 is 0 Å². The predicted octanol–water partition coefficient (Wildman–Crippen LogP) is 4.17. The molecule has 8 heteroatoms. The Kier molecular flexibility index (Phi) is 5.40. The number of oxazole rings is 1. The fourth-order valence-electron chi connectivity index (χ4n) is 3.26. The largest absolute Gasteiger partial charge is 0.431 e. The average Bonchev–Trinajstić information content (AvgIpc) is 3.15. The van der Waals surface area contributed by atoms with Gasteiger partial charge in [0.05, 0.1) is 16.5 Å². The van der Waals surface area contributed by atoms with Crippen LogP contribution in [0.3, 0.4) is 0 Å². The van der Waals surface area contributed by atoms with Gasteiger partial charge in [-0.05, 0) is 42.7 Å². The number of hydrogen-bond acceptors (Lipinski definition) is 6. The second-order valence-corrected chi connectivity index (χ2v) is 9.50. The second-order valence-electron chi connectivity index (χ2n) is 6.63. The molecule has 2 heterocycles. The Morgan fingerprint density at radius 2 is 1.93 bits per heavy atom. The fourth-order valence-corrected chi connectivity index (χ4v) is 5.64. The third kappa shape index (κ3) is 3.78. The van der Waals surface area contributed by atoms with E-state index in [4.69, 9.17) is 4.42 Å². The Bertz CT molecular complexity index is 1140. The molecule has 0 atom stereocenters. The van der Waals surface area contributed by atoms with Crippen LogP contribution in [0, 0.1) is 11.3 Å². The number of fused-ring (bicyclic) bond motifs is 1. The van der Waals surface area contributed by atoms with Gasteiger partial charge in [0.15, 0.2) is 5.58 Å². The number of hydrogen-bond donors (Lipinski definition) is 0. The molecule has 0 N–H and O–H groups in total. The lowest BCUT2D eigenvalue weighted by Gasteiger charge is -2.25. The first-order valence-electron chi connectivity index (χ1n) is 9.09. The van der Waals surface area contributed by atoms with Crippen LogP contribution in [0.25, 0.3) is 11.1 Å². The summed E-state index contributed by atoms with van der Waals surface area (Å²) in [5.74, 6) is 0.551. The number of rotatable bonds is 5. The molecule has 1 aromatic heterocycles. The monoisotopic (exact) mass is 413 g/mol. The van der Waals surface area contributed by atoms with Crippen molar-refractivity contribution >= 4 is 32.9 Å². The summed E-state index contributed by atoms with van der Waals surface area (Å²) >= 11 is 1.38. The number of sulfonamides is 1. The summed E-state index contributed by atoms with van der Waals surface area (Å²) in [6.45, 7) is 1.14. The van der Waals surface area contributed by atoms with Crippen molar-refractivity contribution < 1.29 is 12.8 Å². The Morgan fingerprint density at radius 1 is 1.14 bits per heavy atom. The van der Waals surface area contributed by atoms with E-state index < -0.39 is 10.0 Å². The van der Waals surface area contributed by atoms with Crippen LogP contribution in [-0.2, 0) is 15.8 Å². The minimum atomic E-state index is -3.50. The van der Waals surface area contributed by atoms with E-state index in [-0.39, 0.29) is 4.90 Å². The molecule has 1 saturated heterocycles. The molecule has 1 aliphatic heterocycles. The quantitative estimate of drug-likeness (QED) is 0.584. The maximum atomic E-state index is 12.9. The number of benzene rings is 2. The zero-order valence-corrected chi connectivity index (χ0v) is 16.8. The van der Waals surface area contributed by atoms with E-state index in [1.807, 2.05) is 18.2 Å². The zero-order valence-electron chi connectivity index (χ0n) is 15.2. The normalized spacial score (nSPS) is 15.5. The molecule has 28 heavy (non-hydrogen) atoms. The maximum absolute atomic E-state index is 12.9. The zero-order chi connectivity index (χ0) is 19.6. The molecule has 0 radical (unpaired) electrons. The lowest BCUT2D eigenvalue weighted by atomic mass is 10.1. The molecule has 144 valence electrons. The van der Waals surface area contributed by atoms with E-state index in [0.717, 1.165) is 24.8 Å². The first kappa shape index (κ1) is 19.0. The molecule has 0 bridgehead atoms. The molecule has 1 aliphatic rings. The maximum Gasteiger partial charge on any atom is 0.257 e. The number of nitriles is 1. The van der Waals surface area contributed by atoms with E-state index >= 15 is 0 Å². The third-order valence-electron chi connectivity index (χ3n) is 4.78. The molecule has 0 spiro atoms. The van der Waals surface area contributed by atoms with Crippen LogP contribution in [-0.4, -0.2) is 30.8 Å². The molecule has 1 fully saturated rings. The minimum Gasteiger partial charge on any atom is -0.431 e. The number of aromatic nitrogens is 1.